The second-order valence-corrected chi connectivity index (χ2v) is 11.9. The third kappa shape index (κ3) is 5.00. The predicted octanol–water partition coefficient (Wildman–Crippen LogP) is 3.20. The smallest absolute Gasteiger partial charge is 0.323 e. The molecular weight excluding hydrogens is 598 g/mol. The molecule has 0 saturated carbocycles. The number of hydrogen-bond donors (Lipinski definition) is 3. The van der Waals surface area contributed by atoms with Crippen molar-refractivity contribution in [3.05, 3.63) is 72.6 Å². The summed E-state index contributed by atoms with van der Waals surface area (Å²) in [6.45, 7) is 0.865. The molecule has 0 bridgehead atoms. The molecule has 0 aliphatic carbocycles. The molecule has 0 spiro atoms. The number of aryl methyl sites for hydroxylation is 1. The summed E-state index contributed by atoms with van der Waals surface area (Å²) in [5, 5.41) is 11.6. The largest absolute Gasteiger partial charge is 0.483 e. The maximum atomic E-state index is 13.4. The number of benzene rings is 2. The minimum atomic E-state index is -1.30. The van der Waals surface area contributed by atoms with Crippen LogP contribution in [-0.2, 0) is 19.2 Å². The number of imide groups is 1. The van der Waals surface area contributed by atoms with Crippen molar-refractivity contribution in [3.8, 4) is 5.75 Å². The number of carboxylic acids is 1. The number of hydrogen-bond acceptors (Lipinski definition) is 8. The molecule has 196 valence electrons. The fraction of sp³-hybridized carbons (Fsp3) is 0.240. The molecule has 3 amide bonds. The minimum absolute atomic E-state index is 0.298. The molecule has 0 radical (unpaired) electrons. The summed E-state index contributed by atoms with van der Waals surface area (Å²) in [7, 11) is 0. The molecule has 5 rings (SSSR count). The molecule has 3 heterocycles. The van der Waals surface area contributed by atoms with Gasteiger partial charge in [0.15, 0.2) is 6.61 Å². The topological polar surface area (TPSA) is 146 Å². The number of amides is 3. The molecule has 38 heavy (non-hydrogen) atoms. The van der Waals surface area contributed by atoms with Gasteiger partial charge in [0.25, 0.3) is 5.91 Å². The quantitative estimate of drug-likeness (QED) is 0.343. The number of aliphatic carboxylic acids is 1. The molecule has 3 aromatic rings. The number of halogens is 1. The Bertz CT molecular complexity index is 1520. The molecular formula is C25H20BrN3O7S2. The maximum Gasteiger partial charge on any atom is 0.323 e. The van der Waals surface area contributed by atoms with E-state index in [9.17, 15) is 29.1 Å². The molecule has 10 nitrogen and oxygen atoms in total. The first-order valence-electron chi connectivity index (χ1n) is 11.4. The number of aromatic nitrogens is 1. The van der Waals surface area contributed by atoms with Crippen LogP contribution in [0.1, 0.15) is 21.9 Å². The average molecular weight is 618 g/mol. The molecule has 1 saturated heterocycles. The van der Waals surface area contributed by atoms with E-state index in [1.54, 1.807) is 30.3 Å². The van der Waals surface area contributed by atoms with E-state index >= 15 is 0 Å². The maximum absolute atomic E-state index is 13.4. The van der Waals surface area contributed by atoms with Gasteiger partial charge < -0.3 is 20.1 Å². The number of carbonyl (C=O) groups excluding carboxylic acids is 3. The highest BCUT2D eigenvalue weighted by Crippen LogP contribution is 2.54. The van der Waals surface area contributed by atoms with Crippen LogP contribution in [0.5, 0.6) is 5.75 Å². The van der Waals surface area contributed by atoms with Gasteiger partial charge >= 0.3 is 10.8 Å². The SMILES string of the molecule is Cc1ccc(NC(=O)COc2ccc(Br)cc2[C@H]2c3sc(=O)[nH]c3SC3C(=O)N(CC(=O)O)C(=O)C32)cc1. The zero-order chi connectivity index (χ0) is 27.1. The Hall–Kier alpha value is -3.42. The lowest BCUT2D eigenvalue weighted by atomic mass is 9.82. The van der Waals surface area contributed by atoms with Crippen molar-refractivity contribution in [2.75, 3.05) is 18.5 Å². The van der Waals surface area contributed by atoms with Crippen molar-refractivity contribution in [1.82, 2.24) is 9.88 Å². The summed E-state index contributed by atoms with van der Waals surface area (Å²) >= 11 is 5.41. The van der Waals surface area contributed by atoms with Gasteiger partial charge in [-0.25, -0.2) is 0 Å². The zero-order valence-corrected chi connectivity index (χ0v) is 22.9. The Kier molecular flexibility index (Phi) is 7.16. The fourth-order valence-electron chi connectivity index (χ4n) is 4.57. The van der Waals surface area contributed by atoms with Crippen LogP contribution in [0.15, 0.2) is 56.8 Å². The van der Waals surface area contributed by atoms with E-state index in [4.69, 9.17) is 4.74 Å². The lowest BCUT2D eigenvalue weighted by Crippen LogP contribution is -2.36. The molecule has 13 heteroatoms. The Morgan fingerprint density at radius 1 is 1.13 bits per heavy atom. The molecule has 2 aromatic carbocycles. The van der Waals surface area contributed by atoms with Gasteiger partial charge in [-0.3, -0.25) is 28.9 Å². The summed E-state index contributed by atoms with van der Waals surface area (Å²) in [5.41, 5.74) is 2.16. The van der Waals surface area contributed by atoms with E-state index < -0.39 is 47.3 Å². The van der Waals surface area contributed by atoms with E-state index in [0.29, 0.717) is 31.4 Å². The Balaban J connectivity index is 1.49. The standard InChI is InChI=1S/C25H20BrN3O7S2/c1-11-2-5-13(6-3-11)27-16(30)10-36-15-7-4-12(26)8-14(15)18-19-21(37-22-20(18)38-25(35)28-22)24(34)29(23(19)33)9-17(31)32/h2-8,18-19,21H,9-10H2,1H3,(H,27,30)(H,28,35)(H,31,32)/t18-,19?,21?/m1/s1. The highest BCUT2D eigenvalue weighted by Gasteiger charge is 2.56. The first-order chi connectivity index (χ1) is 18.1. The van der Waals surface area contributed by atoms with Crippen molar-refractivity contribution < 1.29 is 29.0 Å². The lowest BCUT2D eigenvalue weighted by molar-refractivity contribution is -0.149. The Morgan fingerprint density at radius 3 is 2.58 bits per heavy atom. The summed E-state index contributed by atoms with van der Waals surface area (Å²) in [6, 6.07) is 12.4. The summed E-state index contributed by atoms with van der Waals surface area (Å²) in [6.07, 6.45) is 0. The summed E-state index contributed by atoms with van der Waals surface area (Å²) in [4.78, 5) is 66.4. The van der Waals surface area contributed by atoms with Crippen molar-refractivity contribution in [2.24, 2.45) is 5.92 Å². The minimum Gasteiger partial charge on any atom is -0.483 e. The van der Waals surface area contributed by atoms with Crippen molar-refractivity contribution in [2.45, 2.75) is 23.1 Å². The number of carboxylic acid groups (broad SMARTS) is 1. The molecule has 2 aliphatic heterocycles. The van der Waals surface area contributed by atoms with Gasteiger partial charge in [-0.2, -0.15) is 0 Å². The second-order valence-electron chi connectivity index (χ2n) is 8.79. The predicted molar refractivity (Wildman–Crippen MR) is 144 cm³/mol. The first-order valence-corrected chi connectivity index (χ1v) is 13.9. The molecule has 2 unspecified atom stereocenters. The van der Waals surface area contributed by atoms with Gasteiger partial charge in [-0.05, 0) is 37.3 Å². The number of carbonyl (C=O) groups is 4. The fourth-order valence-corrected chi connectivity index (χ4v) is 7.48. The Morgan fingerprint density at radius 2 is 1.87 bits per heavy atom. The first kappa shape index (κ1) is 26.2. The highest BCUT2D eigenvalue weighted by atomic mass is 79.9. The number of thioether (sulfide) groups is 1. The Labute approximate surface area is 232 Å². The number of likely N-dealkylation sites (tertiary alicyclic amines) is 1. The summed E-state index contributed by atoms with van der Waals surface area (Å²) in [5.74, 6) is -4.38. The van der Waals surface area contributed by atoms with Crippen LogP contribution < -0.4 is 14.9 Å². The van der Waals surface area contributed by atoms with Crippen molar-refractivity contribution >= 4 is 68.4 Å². The second kappa shape index (κ2) is 10.4. The number of H-pyrrole nitrogens is 1. The van der Waals surface area contributed by atoms with Gasteiger partial charge in [-0.1, -0.05) is 56.7 Å². The van der Waals surface area contributed by atoms with Crippen LogP contribution in [0.25, 0.3) is 0 Å². The van der Waals surface area contributed by atoms with Crippen molar-refractivity contribution in [3.63, 3.8) is 0 Å². The number of ether oxygens (including phenoxy) is 1. The molecule has 3 N–H and O–H groups in total. The number of fused-ring (bicyclic) bond motifs is 2. The van der Waals surface area contributed by atoms with Crippen LogP contribution in [0.3, 0.4) is 0 Å². The van der Waals surface area contributed by atoms with E-state index in [0.717, 1.165) is 33.6 Å². The van der Waals surface area contributed by atoms with Crippen LogP contribution in [-0.4, -0.2) is 57.1 Å². The molecule has 1 fully saturated rings. The third-order valence-electron chi connectivity index (χ3n) is 6.21. The number of thiazole rings is 1. The zero-order valence-electron chi connectivity index (χ0n) is 19.7. The number of nitrogens with zero attached hydrogens (tertiary/aromatic N) is 1. The van der Waals surface area contributed by atoms with Crippen molar-refractivity contribution in [1.29, 1.82) is 0 Å². The molecule has 2 aliphatic rings. The van der Waals surface area contributed by atoms with E-state index in [1.165, 1.54) is 0 Å². The van der Waals surface area contributed by atoms with Gasteiger partial charge in [0, 0.05) is 26.5 Å². The van der Waals surface area contributed by atoms with Crippen LogP contribution in [0.2, 0.25) is 0 Å². The summed E-state index contributed by atoms with van der Waals surface area (Å²) < 4.78 is 6.55. The monoisotopic (exact) mass is 617 g/mol. The normalized spacial score (nSPS) is 20.2. The number of aromatic amines is 1. The number of nitrogens with one attached hydrogen (secondary N) is 2. The van der Waals surface area contributed by atoms with E-state index in [1.807, 2.05) is 19.1 Å². The number of anilines is 1. The van der Waals surface area contributed by atoms with Gasteiger partial charge in [0.05, 0.1) is 10.9 Å². The number of rotatable bonds is 7. The molecule has 3 atom stereocenters. The van der Waals surface area contributed by atoms with Gasteiger partial charge in [0.2, 0.25) is 11.8 Å². The lowest BCUT2D eigenvalue weighted by Gasteiger charge is -2.31. The van der Waals surface area contributed by atoms with Gasteiger partial charge in [0.1, 0.15) is 17.5 Å². The highest BCUT2D eigenvalue weighted by molar-refractivity contribution is 9.10. The van der Waals surface area contributed by atoms with Crippen LogP contribution in [0.4, 0.5) is 5.69 Å². The molecule has 1 aromatic heterocycles. The third-order valence-corrected chi connectivity index (χ3v) is 9.10. The van der Waals surface area contributed by atoms with Crippen LogP contribution in [0, 0.1) is 12.8 Å². The average Bonchev–Trinajstić information content (AvgIpc) is 3.35. The van der Waals surface area contributed by atoms with E-state index in [2.05, 4.69) is 26.2 Å². The van der Waals surface area contributed by atoms with Crippen LogP contribution >= 0.6 is 39.0 Å². The van der Waals surface area contributed by atoms with Gasteiger partial charge in [-0.15, -0.1) is 0 Å². The van der Waals surface area contributed by atoms with E-state index in [-0.39, 0.29) is 11.5 Å².